The summed E-state index contributed by atoms with van der Waals surface area (Å²) in [6, 6.07) is 6.18. The number of nitriles is 1. The Morgan fingerprint density at radius 3 is 2.94 bits per heavy atom. The zero-order valence-corrected chi connectivity index (χ0v) is 10.1. The largest absolute Gasteiger partial charge is 0.380 e. The number of hydrogen-bond acceptors (Lipinski definition) is 3. The zero-order chi connectivity index (χ0) is 11.5. The van der Waals surface area contributed by atoms with Gasteiger partial charge in [0.2, 0.25) is 0 Å². The number of anilines is 1. The Morgan fingerprint density at radius 1 is 1.56 bits per heavy atom. The van der Waals surface area contributed by atoms with Crippen molar-refractivity contribution in [1.82, 2.24) is 4.57 Å². The summed E-state index contributed by atoms with van der Waals surface area (Å²) in [7, 11) is 1.92. The number of thiophene rings is 1. The molecule has 0 aromatic carbocycles. The Hall–Kier alpha value is -1.73. The molecule has 0 radical (unpaired) electrons. The molecule has 0 unspecified atom stereocenters. The van der Waals surface area contributed by atoms with E-state index in [1.54, 1.807) is 11.3 Å². The fourth-order valence-corrected chi connectivity index (χ4v) is 2.22. The van der Waals surface area contributed by atoms with Crippen LogP contribution >= 0.6 is 11.3 Å². The average Bonchev–Trinajstić information content (AvgIpc) is 2.88. The third-order valence-electron chi connectivity index (χ3n) is 2.76. The van der Waals surface area contributed by atoms with Crippen molar-refractivity contribution in [1.29, 1.82) is 5.26 Å². The number of aromatic nitrogens is 1. The maximum absolute atomic E-state index is 8.92. The summed E-state index contributed by atoms with van der Waals surface area (Å²) in [6.07, 6.45) is 0. The second-order valence-corrected chi connectivity index (χ2v) is 4.46. The first-order valence-electron chi connectivity index (χ1n) is 5.03. The van der Waals surface area contributed by atoms with Crippen LogP contribution in [0.5, 0.6) is 0 Å². The van der Waals surface area contributed by atoms with Crippen LogP contribution in [0.2, 0.25) is 0 Å². The van der Waals surface area contributed by atoms with Gasteiger partial charge in [-0.2, -0.15) is 16.6 Å². The molecule has 2 aromatic rings. The van der Waals surface area contributed by atoms with Gasteiger partial charge in [0.15, 0.2) is 0 Å². The molecule has 1 N–H and O–H groups in total. The number of hydrogen-bond donors (Lipinski definition) is 1. The molecule has 82 valence electrons. The molecule has 0 atom stereocenters. The molecular weight excluding hydrogens is 218 g/mol. The fraction of sp³-hybridized carbons (Fsp3) is 0.250. The van der Waals surface area contributed by atoms with Crippen molar-refractivity contribution >= 4 is 17.0 Å². The molecule has 0 aliphatic heterocycles. The third kappa shape index (κ3) is 1.95. The van der Waals surface area contributed by atoms with E-state index in [4.69, 9.17) is 5.26 Å². The van der Waals surface area contributed by atoms with Gasteiger partial charge in [0.05, 0.1) is 0 Å². The number of nitrogens with one attached hydrogen (secondary N) is 1. The first-order valence-corrected chi connectivity index (χ1v) is 5.98. The molecule has 2 heterocycles. The first-order chi connectivity index (χ1) is 7.72. The Bertz CT molecular complexity index is 517. The van der Waals surface area contributed by atoms with Crippen molar-refractivity contribution < 1.29 is 0 Å². The van der Waals surface area contributed by atoms with E-state index in [0.29, 0.717) is 5.69 Å². The second-order valence-electron chi connectivity index (χ2n) is 3.68. The van der Waals surface area contributed by atoms with E-state index >= 15 is 0 Å². The zero-order valence-electron chi connectivity index (χ0n) is 9.32. The van der Waals surface area contributed by atoms with Gasteiger partial charge in [-0.25, -0.2) is 0 Å². The van der Waals surface area contributed by atoms with Crippen LogP contribution in [-0.4, -0.2) is 4.57 Å². The van der Waals surface area contributed by atoms with Gasteiger partial charge in [0.1, 0.15) is 11.8 Å². The minimum Gasteiger partial charge on any atom is -0.380 e. The van der Waals surface area contributed by atoms with E-state index in [1.165, 1.54) is 5.56 Å². The maximum atomic E-state index is 8.92. The summed E-state index contributed by atoms with van der Waals surface area (Å²) in [5.41, 5.74) is 4.15. The minimum absolute atomic E-state index is 0.708. The molecule has 0 saturated heterocycles. The van der Waals surface area contributed by atoms with Crippen molar-refractivity contribution in [2.45, 2.75) is 13.5 Å². The van der Waals surface area contributed by atoms with Crippen LogP contribution in [-0.2, 0) is 13.6 Å². The van der Waals surface area contributed by atoms with Crippen molar-refractivity contribution in [3.8, 4) is 6.07 Å². The third-order valence-corrected chi connectivity index (χ3v) is 3.44. The molecule has 4 heteroatoms. The molecule has 2 rings (SSSR count). The van der Waals surface area contributed by atoms with Crippen molar-refractivity contribution in [3.63, 3.8) is 0 Å². The highest BCUT2D eigenvalue weighted by molar-refractivity contribution is 7.08. The lowest BCUT2D eigenvalue weighted by Gasteiger charge is -2.04. The quantitative estimate of drug-likeness (QED) is 0.882. The summed E-state index contributed by atoms with van der Waals surface area (Å²) < 4.78 is 1.92. The molecule has 0 spiro atoms. The van der Waals surface area contributed by atoms with Gasteiger partial charge in [0.25, 0.3) is 0 Å². The van der Waals surface area contributed by atoms with E-state index in [0.717, 1.165) is 17.9 Å². The standard InChI is InChI=1S/C12H13N3S/c1-9-10(5-12(6-13)15(9)2)7-14-11-3-4-16-8-11/h3-5,8,14H,7H2,1-2H3. The smallest absolute Gasteiger partial charge is 0.120 e. The predicted molar refractivity (Wildman–Crippen MR) is 66.5 cm³/mol. The molecule has 0 aliphatic carbocycles. The summed E-state index contributed by atoms with van der Waals surface area (Å²) in [6.45, 7) is 2.80. The monoisotopic (exact) mass is 231 g/mol. The predicted octanol–water partition coefficient (Wildman–Crippen LogP) is 2.88. The topological polar surface area (TPSA) is 40.8 Å². The van der Waals surface area contributed by atoms with Crippen LogP contribution in [0.1, 0.15) is 17.0 Å². The summed E-state index contributed by atoms with van der Waals surface area (Å²) in [5, 5.41) is 16.4. The van der Waals surface area contributed by atoms with E-state index < -0.39 is 0 Å². The summed E-state index contributed by atoms with van der Waals surface area (Å²) >= 11 is 1.67. The minimum atomic E-state index is 0.708. The second kappa shape index (κ2) is 4.42. The van der Waals surface area contributed by atoms with Gasteiger partial charge in [-0.15, -0.1) is 0 Å². The molecule has 0 fully saturated rings. The fourth-order valence-electron chi connectivity index (χ4n) is 1.61. The lowest BCUT2D eigenvalue weighted by molar-refractivity contribution is 0.856. The molecule has 16 heavy (non-hydrogen) atoms. The summed E-state index contributed by atoms with van der Waals surface area (Å²) in [5.74, 6) is 0. The Morgan fingerprint density at radius 2 is 2.38 bits per heavy atom. The Labute approximate surface area is 99.0 Å². The molecule has 0 aliphatic rings. The van der Waals surface area contributed by atoms with E-state index in [9.17, 15) is 0 Å². The highest BCUT2D eigenvalue weighted by Gasteiger charge is 2.07. The van der Waals surface area contributed by atoms with Gasteiger partial charge in [-0.1, -0.05) is 0 Å². The van der Waals surface area contributed by atoms with Crippen LogP contribution < -0.4 is 5.32 Å². The Kier molecular flexibility index (Phi) is 2.97. The summed E-state index contributed by atoms with van der Waals surface area (Å²) in [4.78, 5) is 0. The van der Waals surface area contributed by atoms with Crippen molar-refractivity contribution in [2.75, 3.05) is 5.32 Å². The van der Waals surface area contributed by atoms with Crippen molar-refractivity contribution in [3.05, 3.63) is 39.8 Å². The molecular formula is C12H13N3S. The highest BCUT2D eigenvalue weighted by Crippen LogP contribution is 2.17. The van der Waals surface area contributed by atoms with E-state index in [2.05, 4.69) is 16.8 Å². The highest BCUT2D eigenvalue weighted by atomic mass is 32.1. The lowest BCUT2D eigenvalue weighted by atomic mass is 10.2. The Balaban J connectivity index is 2.14. The van der Waals surface area contributed by atoms with Gasteiger partial charge < -0.3 is 9.88 Å². The van der Waals surface area contributed by atoms with Crippen molar-refractivity contribution in [2.24, 2.45) is 7.05 Å². The maximum Gasteiger partial charge on any atom is 0.120 e. The van der Waals surface area contributed by atoms with Crippen LogP contribution in [0, 0.1) is 18.3 Å². The number of nitrogens with zero attached hydrogens (tertiary/aromatic N) is 2. The molecule has 2 aromatic heterocycles. The van der Waals surface area contributed by atoms with Crippen LogP contribution in [0.15, 0.2) is 22.9 Å². The molecule has 3 nitrogen and oxygen atoms in total. The van der Waals surface area contributed by atoms with Crippen LogP contribution in [0.3, 0.4) is 0 Å². The average molecular weight is 231 g/mol. The van der Waals surface area contributed by atoms with Crippen LogP contribution in [0.4, 0.5) is 5.69 Å². The molecule has 0 amide bonds. The normalized spacial score (nSPS) is 10.1. The van der Waals surface area contributed by atoms with Crippen LogP contribution in [0.25, 0.3) is 0 Å². The van der Waals surface area contributed by atoms with Gasteiger partial charge in [0, 0.05) is 30.4 Å². The SMILES string of the molecule is Cc1c(CNc2ccsc2)cc(C#N)n1C. The van der Waals surface area contributed by atoms with E-state index in [1.807, 2.05) is 36.1 Å². The van der Waals surface area contributed by atoms with Gasteiger partial charge >= 0.3 is 0 Å². The number of rotatable bonds is 3. The van der Waals surface area contributed by atoms with Gasteiger partial charge in [-0.3, -0.25) is 0 Å². The van der Waals surface area contributed by atoms with E-state index in [-0.39, 0.29) is 0 Å². The lowest BCUT2D eigenvalue weighted by Crippen LogP contribution is -2.00. The first kappa shape index (κ1) is 10.8. The van der Waals surface area contributed by atoms with Gasteiger partial charge in [-0.05, 0) is 30.0 Å². The molecule has 0 saturated carbocycles. The molecule has 0 bridgehead atoms.